The van der Waals surface area contributed by atoms with Crippen LogP contribution in [0.4, 0.5) is 0 Å². The fraction of sp³-hybridized carbons (Fsp3) is 0.333. The zero-order chi connectivity index (χ0) is 9.68. The van der Waals surface area contributed by atoms with Gasteiger partial charge in [0.05, 0.1) is 7.11 Å². The lowest BCUT2D eigenvalue weighted by molar-refractivity contribution is 0.0594. The van der Waals surface area contributed by atoms with E-state index in [1.165, 1.54) is 7.11 Å². The number of hydrogen-bond donors (Lipinski definition) is 1. The van der Waals surface area contributed by atoms with Crippen molar-refractivity contribution in [2.75, 3.05) is 13.7 Å². The standard InChI is InChI=1S/C9H12N2O2.2ClH/c1-13-9(12)8-3-2-7(4-5-10)6-11-8;;/h2-3,6H,4-5,10H2,1H3;2*1H. The molecule has 0 saturated carbocycles. The van der Waals surface area contributed by atoms with E-state index in [-0.39, 0.29) is 24.8 Å². The Kier molecular flexibility index (Phi) is 9.36. The molecule has 1 heterocycles. The first-order valence-corrected chi connectivity index (χ1v) is 4.01. The lowest BCUT2D eigenvalue weighted by Gasteiger charge is -2.00. The van der Waals surface area contributed by atoms with Gasteiger partial charge in [-0.3, -0.25) is 0 Å². The third kappa shape index (κ3) is 4.97. The number of rotatable bonds is 3. The molecule has 0 aliphatic heterocycles. The van der Waals surface area contributed by atoms with E-state index in [4.69, 9.17) is 5.73 Å². The van der Waals surface area contributed by atoms with Gasteiger partial charge in [-0.15, -0.1) is 24.8 Å². The largest absolute Gasteiger partial charge is 0.464 e. The molecule has 0 atom stereocenters. The average molecular weight is 253 g/mol. The van der Waals surface area contributed by atoms with Crippen molar-refractivity contribution in [1.29, 1.82) is 0 Å². The maximum absolute atomic E-state index is 11.0. The third-order valence-corrected chi connectivity index (χ3v) is 1.65. The van der Waals surface area contributed by atoms with Crippen molar-refractivity contribution in [2.24, 2.45) is 5.73 Å². The van der Waals surface area contributed by atoms with Gasteiger partial charge in [-0.2, -0.15) is 0 Å². The molecule has 86 valence electrons. The molecule has 0 aromatic carbocycles. The topological polar surface area (TPSA) is 65.2 Å². The Balaban J connectivity index is 0. The van der Waals surface area contributed by atoms with Crippen LogP contribution >= 0.6 is 24.8 Å². The summed E-state index contributed by atoms with van der Waals surface area (Å²) >= 11 is 0. The van der Waals surface area contributed by atoms with Crippen molar-refractivity contribution in [3.05, 3.63) is 29.6 Å². The highest BCUT2D eigenvalue weighted by Crippen LogP contribution is 2.01. The van der Waals surface area contributed by atoms with E-state index >= 15 is 0 Å². The first-order valence-electron chi connectivity index (χ1n) is 4.01. The summed E-state index contributed by atoms with van der Waals surface area (Å²) in [6.07, 6.45) is 2.41. The second-order valence-corrected chi connectivity index (χ2v) is 2.58. The lowest BCUT2D eigenvalue weighted by atomic mass is 10.2. The summed E-state index contributed by atoms with van der Waals surface area (Å²) in [5.74, 6) is -0.417. The highest BCUT2D eigenvalue weighted by atomic mass is 35.5. The van der Waals surface area contributed by atoms with Crippen molar-refractivity contribution < 1.29 is 9.53 Å². The number of esters is 1. The van der Waals surface area contributed by atoms with Gasteiger partial charge >= 0.3 is 5.97 Å². The molecule has 0 aliphatic carbocycles. The predicted molar refractivity (Wildman–Crippen MR) is 62.8 cm³/mol. The van der Waals surface area contributed by atoms with E-state index in [0.29, 0.717) is 12.2 Å². The van der Waals surface area contributed by atoms with Gasteiger partial charge in [0.1, 0.15) is 5.69 Å². The number of carbonyl (C=O) groups excluding carboxylic acids is 1. The Bertz CT molecular complexity index is 291. The molecule has 1 rings (SSSR count). The fourth-order valence-corrected chi connectivity index (χ4v) is 0.964. The van der Waals surface area contributed by atoms with Crippen LogP contribution in [0.3, 0.4) is 0 Å². The van der Waals surface area contributed by atoms with Gasteiger partial charge in [-0.05, 0) is 24.6 Å². The van der Waals surface area contributed by atoms with Gasteiger partial charge < -0.3 is 10.5 Å². The Morgan fingerprint density at radius 2 is 2.13 bits per heavy atom. The minimum Gasteiger partial charge on any atom is -0.464 e. The highest BCUT2D eigenvalue weighted by molar-refractivity contribution is 5.87. The van der Waals surface area contributed by atoms with Crippen LogP contribution in [0, 0.1) is 0 Å². The normalized spacial score (nSPS) is 8.40. The van der Waals surface area contributed by atoms with Crippen molar-refractivity contribution in [3.8, 4) is 0 Å². The first kappa shape index (κ1) is 16.6. The van der Waals surface area contributed by atoms with Gasteiger partial charge in [0.2, 0.25) is 0 Å². The van der Waals surface area contributed by atoms with Crippen LogP contribution < -0.4 is 5.73 Å². The molecule has 0 aliphatic rings. The number of nitrogens with zero attached hydrogens (tertiary/aromatic N) is 1. The van der Waals surface area contributed by atoms with Crippen LogP contribution in [0.2, 0.25) is 0 Å². The molecule has 4 nitrogen and oxygen atoms in total. The minimum absolute atomic E-state index is 0. The van der Waals surface area contributed by atoms with Crippen LogP contribution in [-0.2, 0) is 11.2 Å². The van der Waals surface area contributed by atoms with E-state index in [0.717, 1.165) is 12.0 Å². The molecule has 0 spiro atoms. The molecule has 0 fully saturated rings. The number of methoxy groups -OCH3 is 1. The summed E-state index contributed by atoms with van der Waals surface area (Å²) in [5.41, 5.74) is 6.71. The highest BCUT2D eigenvalue weighted by Gasteiger charge is 2.05. The molecule has 0 saturated heterocycles. The maximum Gasteiger partial charge on any atom is 0.356 e. The number of hydrogen-bond acceptors (Lipinski definition) is 4. The second kappa shape index (κ2) is 8.47. The monoisotopic (exact) mass is 252 g/mol. The van der Waals surface area contributed by atoms with Crippen LogP contribution in [0.1, 0.15) is 16.1 Å². The quantitative estimate of drug-likeness (QED) is 0.822. The van der Waals surface area contributed by atoms with E-state index in [1.807, 2.05) is 6.07 Å². The van der Waals surface area contributed by atoms with Crippen molar-refractivity contribution in [3.63, 3.8) is 0 Å². The zero-order valence-electron chi connectivity index (χ0n) is 8.30. The molecular weight excluding hydrogens is 239 g/mol. The van der Waals surface area contributed by atoms with E-state index in [2.05, 4.69) is 9.72 Å². The van der Waals surface area contributed by atoms with Gasteiger partial charge in [0.15, 0.2) is 0 Å². The summed E-state index contributed by atoms with van der Waals surface area (Å²) in [6, 6.07) is 3.46. The van der Waals surface area contributed by atoms with Crippen molar-refractivity contribution in [1.82, 2.24) is 4.98 Å². The third-order valence-electron chi connectivity index (χ3n) is 1.65. The summed E-state index contributed by atoms with van der Waals surface area (Å²) in [5, 5.41) is 0. The summed E-state index contributed by atoms with van der Waals surface area (Å²) < 4.78 is 4.51. The van der Waals surface area contributed by atoms with Crippen LogP contribution in [0.5, 0.6) is 0 Å². The Morgan fingerprint density at radius 3 is 2.53 bits per heavy atom. The van der Waals surface area contributed by atoms with E-state index in [9.17, 15) is 4.79 Å². The Labute approximate surface area is 101 Å². The number of pyridine rings is 1. The van der Waals surface area contributed by atoms with Crippen molar-refractivity contribution >= 4 is 30.8 Å². The molecule has 0 radical (unpaired) electrons. The summed E-state index contributed by atoms with van der Waals surface area (Å²) in [4.78, 5) is 14.9. The summed E-state index contributed by atoms with van der Waals surface area (Å²) in [6.45, 7) is 0.583. The van der Waals surface area contributed by atoms with Crippen LogP contribution in [0.15, 0.2) is 18.3 Å². The molecule has 6 heteroatoms. The molecule has 1 aromatic heterocycles. The SMILES string of the molecule is COC(=O)c1ccc(CCN)cn1.Cl.Cl. The number of ether oxygens (including phenoxy) is 1. The molecule has 0 bridgehead atoms. The van der Waals surface area contributed by atoms with Gasteiger partial charge in [0, 0.05) is 6.20 Å². The minimum atomic E-state index is -0.417. The second-order valence-electron chi connectivity index (χ2n) is 2.58. The molecule has 15 heavy (non-hydrogen) atoms. The Hall–Kier alpha value is -0.840. The zero-order valence-corrected chi connectivity index (χ0v) is 9.94. The van der Waals surface area contributed by atoms with E-state index in [1.54, 1.807) is 12.3 Å². The summed E-state index contributed by atoms with van der Waals surface area (Å²) in [7, 11) is 1.33. The lowest BCUT2D eigenvalue weighted by Crippen LogP contribution is -2.06. The predicted octanol–water partition coefficient (Wildman–Crippen LogP) is 1.21. The number of aromatic nitrogens is 1. The first-order chi connectivity index (χ1) is 6.27. The molecule has 1 aromatic rings. The fourth-order valence-electron chi connectivity index (χ4n) is 0.964. The molecule has 2 N–H and O–H groups in total. The molecule has 0 amide bonds. The Morgan fingerprint density at radius 1 is 1.47 bits per heavy atom. The number of nitrogens with two attached hydrogens (primary N) is 1. The van der Waals surface area contributed by atoms with Crippen molar-refractivity contribution in [2.45, 2.75) is 6.42 Å². The van der Waals surface area contributed by atoms with Gasteiger partial charge in [-0.25, -0.2) is 9.78 Å². The maximum atomic E-state index is 11.0. The number of halogens is 2. The van der Waals surface area contributed by atoms with Crippen LogP contribution in [0.25, 0.3) is 0 Å². The van der Waals surface area contributed by atoms with Gasteiger partial charge in [-0.1, -0.05) is 6.07 Å². The van der Waals surface area contributed by atoms with Gasteiger partial charge in [0.25, 0.3) is 0 Å². The molecular formula is C9H14Cl2N2O2. The average Bonchev–Trinajstić information content (AvgIpc) is 2.18. The molecule has 0 unspecified atom stereocenters. The smallest absolute Gasteiger partial charge is 0.356 e. The van der Waals surface area contributed by atoms with E-state index < -0.39 is 5.97 Å². The number of carbonyl (C=O) groups is 1. The van der Waals surface area contributed by atoms with Crippen LogP contribution in [-0.4, -0.2) is 24.6 Å².